The normalized spacial score (nSPS) is 13.5. The Hall–Kier alpha value is -1.88. The monoisotopic (exact) mass is 262 g/mol. The average molecular weight is 262 g/mol. The molecule has 0 fully saturated rings. The summed E-state index contributed by atoms with van der Waals surface area (Å²) in [6.07, 6.45) is 0. The highest BCUT2D eigenvalue weighted by molar-refractivity contribution is 5.78. The Morgan fingerprint density at radius 1 is 1.47 bits per heavy atom. The Balaban J connectivity index is 2.40. The van der Waals surface area contributed by atoms with Crippen molar-refractivity contribution in [2.75, 3.05) is 7.11 Å². The van der Waals surface area contributed by atoms with Crippen LogP contribution in [-0.4, -0.2) is 18.1 Å². The van der Waals surface area contributed by atoms with Gasteiger partial charge in [0.2, 0.25) is 0 Å². The van der Waals surface area contributed by atoms with Gasteiger partial charge in [-0.1, -0.05) is 6.07 Å². The lowest BCUT2D eigenvalue weighted by atomic mass is 9.81. The fraction of sp³-hybridized carbons (Fsp3) is 0.429. The topological polar surface area (TPSA) is 78.4 Å². The maximum atomic E-state index is 11.8. The summed E-state index contributed by atoms with van der Waals surface area (Å²) < 4.78 is 10.2. The molecule has 2 N–H and O–H groups in total. The van der Waals surface area contributed by atoms with Gasteiger partial charge >= 0.3 is 5.97 Å². The second-order valence-corrected chi connectivity index (χ2v) is 5.15. The highest BCUT2D eigenvalue weighted by Crippen LogP contribution is 2.33. The number of fused-ring (bicyclic) bond motifs is 1. The highest BCUT2D eigenvalue weighted by Gasteiger charge is 2.36. The summed E-state index contributed by atoms with van der Waals surface area (Å²) >= 11 is 0. The number of ether oxygens (including phenoxy) is 1. The van der Waals surface area contributed by atoms with Gasteiger partial charge in [-0.2, -0.15) is 0 Å². The van der Waals surface area contributed by atoms with Crippen LogP contribution in [0.3, 0.4) is 0 Å². The van der Waals surface area contributed by atoms with Crippen LogP contribution < -0.4 is 5.73 Å². The zero-order valence-electron chi connectivity index (χ0n) is 11.6. The van der Waals surface area contributed by atoms with Crippen LogP contribution in [0, 0.1) is 12.3 Å². The fourth-order valence-electron chi connectivity index (χ4n) is 2.06. The molecule has 1 aromatic carbocycles. The second-order valence-electron chi connectivity index (χ2n) is 5.15. The van der Waals surface area contributed by atoms with Crippen molar-refractivity contribution in [3.8, 4) is 0 Å². The summed E-state index contributed by atoms with van der Waals surface area (Å²) in [6.45, 7) is 5.32. The van der Waals surface area contributed by atoms with Gasteiger partial charge in [-0.05, 0) is 31.5 Å². The smallest absolute Gasteiger partial charge is 0.313 e. The van der Waals surface area contributed by atoms with Crippen LogP contribution in [0.25, 0.3) is 11.1 Å². The zero-order valence-corrected chi connectivity index (χ0v) is 11.6. The van der Waals surface area contributed by atoms with Crippen molar-refractivity contribution in [1.82, 2.24) is 4.98 Å². The van der Waals surface area contributed by atoms with E-state index in [2.05, 4.69) is 4.98 Å². The molecule has 0 aliphatic heterocycles. The van der Waals surface area contributed by atoms with Crippen molar-refractivity contribution in [2.24, 2.45) is 11.1 Å². The second kappa shape index (κ2) is 4.66. The first-order valence-corrected chi connectivity index (χ1v) is 6.07. The van der Waals surface area contributed by atoms with E-state index in [0.29, 0.717) is 11.5 Å². The van der Waals surface area contributed by atoms with Crippen molar-refractivity contribution in [2.45, 2.75) is 26.8 Å². The number of hydrogen-bond donors (Lipinski definition) is 1. The van der Waals surface area contributed by atoms with Crippen molar-refractivity contribution < 1.29 is 13.9 Å². The summed E-state index contributed by atoms with van der Waals surface area (Å²) in [5.74, 6) is 0.268. The zero-order chi connectivity index (χ0) is 14.2. The van der Waals surface area contributed by atoms with E-state index in [1.54, 1.807) is 20.8 Å². The van der Waals surface area contributed by atoms with Crippen LogP contribution in [0.4, 0.5) is 0 Å². The minimum absolute atomic E-state index is 0.337. The Labute approximate surface area is 111 Å². The van der Waals surface area contributed by atoms with Gasteiger partial charge in [-0.3, -0.25) is 4.79 Å². The molecule has 19 heavy (non-hydrogen) atoms. The third-order valence-electron chi connectivity index (χ3n) is 3.37. The molecule has 1 unspecified atom stereocenters. The van der Waals surface area contributed by atoms with Gasteiger partial charge in [0.1, 0.15) is 5.52 Å². The van der Waals surface area contributed by atoms with E-state index in [9.17, 15) is 4.79 Å². The molecule has 0 aliphatic carbocycles. The van der Waals surface area contributed by atoms with Gasteiger partial charge < -0.3 is 14.9 Å². The third-order valence-corrected chi connectivity index (χ3v) is 3.37. The Morgan fingerprint density at radius 2 is 2.16 bits per heavy atom. The van der Waals surface area contributed by atoms with Gasteiger partial charge in [0.05, 0.1) is 12.5 Å². The Bertz CT molecular complexity index is 616. The minimum Gasteiger partial charge on any atom is -0.469 e. The lowest BCUT2D eigenvalue weighted by Crippen LogP contribution is -2.37. The summed E-state index contributed by atoms with van der Waals surface area (Å²) in [5.41, 5.74) is 7.67. The van der Waals surface area contributed by atoms with Crippen molar-refractivity contribution in [1.29, 1.82) is 0 Å². The van der Waals surface area contributed by atoms with Crippen molar-refractivity contribution in [3.05, 3.63) is 29.7 Å². The molecule has 0 saturated heterocycles. The Kier molecular flexibility index (Phi) is 3.32. The first kappa shape index (κ1) is 13.5. The highest BCUT2D eigenvalue weighted by atomic mass is 16.5. The number of aromatic nitrogens is 1. The summed E-state index contributed by atoms with van der Waals surface area (Å²) in [5, 5.41) is 0. The molecule has 0 spiro atoms. The van der Waals surface area contributed by atoms with Gasteiger partial charge in [-0.15, -0.1) is 0 Å². The van der Waals surface area contributed by atoms with E-state index < -0.39 is 11.5 Å². The maximum Gasteiger partial charge on any atom is 0.313 e. The number of hydrogen-bond acceptors (Lipinski definition) is 5. The number of carbonyl (C=O) groups excluding carboxylic acids is 1. The molecule has 102 valence electrons. The first-order valence-electron chi connectivity index (χ1n) is 6.07. The first-order chi connectivity index (χ1) is 8.86. The molecule has 2 aromatic rings. The third kappa shape index (κ3) is 2.33. The quantitative estimate of drug-likeness (QED) is 0.859. The predicted octanol–water partition coefficient (Wildman–Crippen LogP) is 2.34. The largest absolute Gasteiger partial charge is 0.469 e. The molecule has 1 atom stereocenters. The molecule has 5 heteroatoms. The van der Waals surface area contributed by atoms with Gasteiger partial charge in [-0.25, -0.2) is 4.98 Å². The molecule has 0 amide bonds. The number of esters is 1. The SMILES string of the molecule is COC(=O)C(C)(C)C(N)c1ccc2oc(C)nc2c1. The van der Waals surface area contributed by atoms with E-state index in [1.807, 2.05) is 18.2 Å². The maximum absolute atomic E-state index is 11.8. The van der Waals surface area contributed by atoms with Crippen molar-refractivity contribution >= 4 is 17.1 Å². The standard InChI is InChI=1S/C14H18N2O3/c1-8-16-10-7-9(5-6-11(10)19-8)12(15)14(2,3)13(17)18-4/h5-7,12H,15H2,1-4H3. The minimum atomic E-state index is -0.804. The molecule has 1 heterocycles. The van der Waals surface area contributed by atoms with Crippen LogP contribution in [0.2, 0.25) is 0 Å². The number of nitrogens with zero attached hydrogens (tertiary/aromatic N) is 1. The molecule has 0 aliphatic rings. The number of aryl methyl sites for hydroxylation is 1. The number of nitrogens with two attached hydrogens (primary N) is 1. The molecular formula is C14H18N2O3. The van der Waals surface area contributed by atoms with Crippen LogP contribution in [0.5, 0.6) is 0 Å². The number of methoxy groups -OCH3 is 1. The molecule has 0 radical (unpaired) electrons. The summed E-state index contributed by atoms with van der Waals surface area (Å²) in [6, 6.07) is 5.04. The number of benzene rings is 1. The van der Waals surface area contributed by atoms with Crippen molar-refractivity contribution in [3.63, 3.8) is 0 Å². The number of rotatable bonds is 3. The molecular weight excluding hydrogens is 244 g/mol. The number of carbonyl (C=O) groups is 1. The predicted molar refractivity (Wildman–Crippen MR) is 71.5 cm³/mol. The number of oxazole rings is 1. The van der Waals surface area contributed by atoms with Crippen LogP contribution >= 0.6 is 0 Å². The van der Waals surface area contributed by atoms with E-state index in [4.69, 9.17) is 14.9 Å². The van der Waals surface area contributed by atoms with E-state index in [-0.39, 0.29) is 5.97 Å². The van der Waals surface area contributed by atoms with Gasteiger partial charge in [0.15, 0.2) is 11.5 Å². The molecule has 0 bridgehead atoms. The van der Waals surface area contributed by atoms with E-state index in [0.717, 1.165) is 11.1 Å². The van der Waals surface area contributed by atoms with Crippen LogP contribution in [0.1, 0.15) is 31.3 Å². The van der Waals surface area contributed by atoms with E-state index in [1.165, 1.54) is 7.11 Å². The van der Waals surface area contributed by atoms with Gasteiger partial charge in [0.25, 0.3) is 0 Å². The lowest BCUT2D eigenvalue weighted by Gasteiger charge is -2.28. The lowest BCUT2D eigenvalue weighted by molar-refractivity contribution is -0.152. The van der Waals surface area contributed by atoms with Crippen LogP contribution in [0.15, 0.2) is 22.6 Å². The molecule has 1 aromatic heterocycles. The van der Waals surface area contributed by atoms with Gasteiger partial charge in [0, 0.05) is 13.0 Å². The fourth-order valence-corrected chi connectivity index (χ4v) is 2.06. The molecule has 0 saturated carbocycles. The van der Waals surface area contributed by atoms with E-state index >= 15 is 0 Å². The summed E-state index contributed by atoms with van der Waals surface area (Å²) in [4.78, 5) is 16.0. The summed E-state index contributed by atoms with van der Waals surface area (Å²) in [7, 11) is 1.36. The van der Waals surface area contributed by atoms with Crippen LogP contribution in [-0.2, 0) is 9.53 Å². The molecule has 5 nitrogen and oxygen atoms in total. The average Bonchev–Trinajstić information content (AvgIpc) is 2.75. The Morgan fingerprint density at radius 3 is 2.79 bits per heavy atom. The molecule has 2 rings (SSSR count).